The molecule has 0 N–H and O–H groups in total. The van der Waals surface area contributed by atoms with E-state index in [9.17, 15) is 10.1 Å². The van der Waals surface area contributed by atoms with Crippen molar-refractivity contribution in [2.24, 2.45) is 0 Å². The molecule has 3 aromatic heterocycles. The summed E-state index contributed by atoms with van der Waals surface area (Å²) in [6.07, 6.45) is 0. The number of benzene rings is 1. The smallest absolute Gasteiger partial charge is 0.398 e. The van der Waals surface area contributed by atoms with E-state index in [1.807, 2.05) is 30.3 Å². The molecule has 0 radical (unpaired) electrons. The van der Waals surface area contributed by atoms with Gasteiger partial charge in [-0.25, -0.2) is 0 Å². The predicted octanol–water partition coefficient (Wildman–Crippen LogP) is 3.02. The van der Waals surface area contributed by atoms with Gasteiger partial charge in [0, 0.05) is 5.56 Å². The first-order chi connectivity index (χ1) is 10.7. The van der Waals surface area contributed by atoms with Gasteiger partial charge in [0.15, 0.2) is 16.6 Å². The van der Waals surface area contributed by atoms with Gasteiger partial charge in [0.2, 0.25) is 4.96 Å². The first-order valence-electron chi connectivity index (χ1n) is 6.24. The first kappa shape index (κ1) is 12.7. The molecule has 0 fully saturated rings. The number of furan rings is 1. The number of fused-ring (bicyclic) bond motifs is 1. The van der Waals surface area contributed by atoms with E-state index < -0.39 is 4.92 Å². The normalized spacial score (nSPS) is 11.1. The molecule has 0 amide bonds. The molecule has 108 valence electrons. The quantitative estimate of drug-likeness (QED) is 0.426. The third-order valence-electron chi connectivity index (χ3n) is 3.01. The molecule has 0 bridgehead atoms. The van der Waals surface area contributed by atoms with Gasteiger partial charge in [-0.15, -0.1) is 15.3 Å². The Hall–Kier alpha value is -3.07. The van der Waals surface area contributed by atoms with Crippen LogP contribution in [0.25, 0.3) is 27.1 Å². The van der Waals surface area contributed by atoms with Crippen LogP contribution in [-0.4, -0.2) is 24.7 Å². The van der Waals surface area contributed by atoms with Crippen molar-refractivity contribution >= 4 is 22.2 Å². The van der Waals surface area contributed by atoms with Gasteiger partial charge in [-0.05, 0) is 6.07 Å². The topological polar surface area (TPSA) is 99.4 Å². The van der Waals surface area contributed by atoms with Crippen molar-refractivity contribution in [1.82, 2.24) is 19.8 Å². The maximum atomic E-state index is 10.7. The summed E-state index contributed by atoms with van der Waals surface area (Å²) in [5.74, 6) is 0.629. The lowest BCUT2D eigenvalue weighted by Gasteiger charge is -1.94. The van der Waals surface area contributed by atoms with Gasteiger partial charge in [-0.3, -0.25) is 10.1 Å². The highest BCUT2D eigenvalue weighted by Gasteiger charge is 2.19. The van der Waals surface area contributed by atoms with Crippen LogP contribution in [0.4, 0.5) is 5.88 Å². The average Bonchev–Trinajstić information content (AvgIpc) is 3.22. The lowest BCUT2D eigenvalue weighted by molar-refractivity contribution is -0.401. The van der Waals surface area contributed by atoms with Crippen LogP contribution in [0.5, 0.6) is 0 Å². The van der Waals surface area contributed by atoms with Crippen molar-refractivity contribution in [3.8, 4) is 22.2 Å². The molecule has 0 saturated heterocycles. The number of hydrogen-bond acceptors (Lipinski definition) is 7. The highest BCUT2D eigenvalue weighted by molar-refractivity contribution is 7.19. The standard InChI is InChI=1S/C13H7N5O3S/c19-18(20)10-7-6-9(21-10)12-16-17-11(14-15-13(17)22-12)8-4-2-1-3-5-8/h1-7H. The number of hydrogen-bond donors (Lipinski definition) is 0. The second kappa shape index (κ2) is 4.74. The van der Waals surface area contributed by atoms with Crippen LogP contribution < -0.4 is 0 Å². The van der Waals surface area contributed by atoms with Gasteiger partial charge in [0.25, 0.3) is 0 Å². The lowest BCUT2D eigenvalue weighted by Crippen LogP contribution is -1.90. The molecule has 1 aromatic carbocycles. The molecule has 0 aliphatic heterocycles. The third kappa shape index (κ3) is 1.95. The Balaban J connectivity index is 1.81. The van der Waals surface area contributed by atoms with Crippen molar-refractivity contribution < 1.29 is 9.34 Å². The molecule has 4 rings (SSSR count). The van der Waals surface area contributed by atoms with E-state index in [1.54, 1.807) is 4.52 Å². The Kier molecular flexibility index (Phi) is 2.73. The first-order valence-corrected chi connectivity index (χ1v) is 7.06. The fourth-order valence-corrected chi connectivity index (χ4v) is 2.83. The van der Waals surface area contributed by atoms with E-state index in [0.29, 0.717) is 21.6 Å². The summed E-state index contributed by atoms with van der Waals surface area (Å²) in [6, 6.07) is 12.4. The summed E-state index contributed by atoms with van der Waals surface area (Å²) in [7, 11) is 0. The second-order valence-corrected chi connectivity index (χ2v) is 5.34. The largest absolute Gasteiger partial charge is 0.433 e. The molecule has 0 unspecified atom stereocenters. The van der Waals surface area contributed by atoms with Crippen LogP contribution in [0.3, 0.4) is 0 Å². The van der Waals surface area contributed by atoms with Crippen molar-refractivity contribution in [3.05, 3.63) is 52.6 Å². The highest BCUT2D eigenvalue weighted by atomic mass is 32.1. The van der Waals surface area contributed by atoms with Crippen LogP contribution in [-0.2, 0) is 0 Å². The molecular weight excluding hydrogens is 306 g/mol. The Morgan fingerprint density at radius 1 is 1.14 bits per heavy atom. The summed E-state index contributed by atoms with van der Waals surface area (Å²) < 4.78 is 6.76. The molecular formula is C13H7N5O3S. The minimum atomic E-state index is -0.584. The van der Waals surface area contributed by atoms with Crippen molar-refractivity contribution in [3.63, 3.8) is 0 Å². The molecule has 0 aliphatic carbocycles. The van der Waals surface area contributed by atoms with Crippen LogP contribution >= 0.6 is 11.3 Å². The van der Waals surface area contributed by atoms with E-state index in [1.165, 1.54) is 23.5 Å². The third-order valence-corrected chi connectivity index (χ3v) is 3.92. The van der Waals surface area contributed by atoms with Gasteiger partial charge >= 0.3 is 5.88 Å². The van der Waals surface area contributed by atoms with Crippen molar-refractivity contribution in [1.29, 1.82) is 0 Å². The second-order valence-electron chi connectivity index (χ2n) is 4.39. The zero-order valence-electron chi connectivity index (χ0n) is 10.9. The number of nitrogens with zero attached hydrogens (tertiary/aromatic N) is 5. The fourth-order valence-electron chi connectivity index (χ4n) is 2.02. The zero-order valence-corrected chi connectivity index (χ0v) is 11.7. The molecule has 0 aliphatic rings. The van der Waals surface area contributed by atoms with Gasteiger partial charge in [0.05, 0.1) is 6.07 Å². The lowest BCUT2D eigenvalue weighted by atomic mass is 10.2. The number of nitro groups is 1. The summed E-state index contributed by atoms with van der Waals surface area (Å²) in [6.45, 7) is 0. The molecule has 3 heterocycles. The minimum Gasteiger partial charge on any atom is -0.398 e. The average molecular weight is 313 g/mol. The summed E-state index contributed by atoms with van der Waals surface area (Å²) in [4.78, 5) is 10.7. The Labute approximate surface area is 126 Å². The van der Waals surface area contributed by atoms with Gasteiger partial charge < -0.3 is 4.42 Å². The number of rotatable bonds is 3. The van der Waals surface area contributed by atoms with Gasteiger partial charge in [-0.1, -0.05) is 41.7 Å². The zero-order chi connectivity index (χ0) is 15.1. The van der Waals surface area contributed by atoms with E-state index in [-0.39, 0.29) is 5.88 Å². The van der Waals surface area contributed by atoms with Crippen LogP contribution in [0.2, 0.25) is 0 Å². The Morgan fingerprint density at radius 3 is 2.68 bits per heavy atom. The SMILES string of the molecule is O=[N+]([O-])c1ccc(-c2nn3c(-c4ccccc4)nnc3s2)o1. The monoisotopic (exact) mass is 313 g/mol. The maximum absolute atomic E-state index is 10.7. The van der Waals surface area contributed by atoms with E-state index in [4.69, 9.17) is 4.42 Å². The van der Waals surface area contributed by atoms with Gasteiger partial charge in [-0.2, -0.15) is 4.52 Å². The van der Waals surface area contributed by atoms with E-state index in [2.05, 4.69) is 15.3 Å². The summed E-state index contributed by atoms with van der Waals surface area (Å²) >= 11 is 1.25. The van der Waals surface area contributed by atoms with E-state index in [0.717, 1.165) is 5.56 Å². The van der Waals surface area contributed by atoms with Crippen LogP contribution in [0.1, 0.15) is 0 Å². The van der Waals surface area contributed by atoms with Crippen molar-refractivity contribution in [2.45, 2.75) is 0 Å². The number of aromatic nitrogens is 4. The van der Waals surface area contributed by atoms with E-state index >= 15 is 0 Å². The Morgan fingerprint density at radius 2 is 1.95 bits per heavy atom. The summed E-state index contributed by atoms with van der Waals surface area (Å²) in [5.41, 5.74) is 0.886. The van der Waals surface area contributed by atoms with Gasteiger partial charge in [0.1, 0.15) is 4.92 Å². The summed E-state index contributed by atoms with van der Waals surface area (Å²) in [5, 5.41) is 23.8. The maximum Gasteiger partial charge on any atom is 0.433 e. The van der Waals surface area contributed by atoms with Crippen LogP contribution in [0, 0.1) is 10.1 Å². The highest BCUT2D eigenvalue weighted by Crippen LogP contribution is 2.30. The van der Waals surface area contributed by atoms with Crippen LogP contribution in [0.15, 0.2) is 46.9 Å². The molecule has 0 atom stereocenters. The molecule has 4 aromatic rings. The predicted molar refractivity (Wildman–Crippen MR) is 78.5 cm³/mol. The molecule has 9 heteroatoms. The van der Waals surface area contributed by atoms with Crippen molar-refractivity contribution in [2.75, 3.05) is 0 Å². The minimum absolute atomic E-state index is 0.316. The molecule has 22 heavy (non-hydrogen) atoms. The molecule has 0 saturated carbocycles. The fraction of sp³-hybridized carbons (Fsp3) is 0. The molecule has 0 spiro atoms. The Bertz CT molecular complexity index is 972. The molecule has 8 nitrogen and oxygen atoms in total.